The van der Waals surface area contributed by atoms with E-state index in [1.165, 1.54) is 69.8 Å². The van der Waals surface area contributed by atoms with Gasteiger partial charge in [-0.2, -0.15) is 0 Å². The summed E-state index contributed by atoms with van der Waals surface area (Å²) in [5.41, 5.74) is 2.11. The summed E-state index contributed by atoms with van der Waals surface area (Å²) in [7, 11) is 0. The average Bonchev–Trinajstić information content (AvgIpc) is 3.02. The minimum absolute atomic E-state index is 0.126. The van der Waals surface area contributed by atoms with Gasteiger partial charge in [0.25, 0.3) is 0 Å². The Morgan fingerprint density at radius 3 is 1.88 bits per heavy atom. The average molecular weight is 589 g/mol. The first kappa shape index (κ1) is 33.6. The van der Waals surface area contributed by atoms with Crippen LogP contribution in [-0.4, -0.2) is 25.3 Å². The fraction of sp³-hybridized carbons (Fsp3) is 0.459. The topological polar surface area (TPSA) is 52.6 Å². The number of hydrogen-bond acceptors (Lipinski definition) is 5. The zero-order valence-electron chi connectivity index (χ0n) is 25.7. The van der Waals surface area contributed by atoms with Crippen molar-refractivity contribution in [1.82, 2.24) is 0 Å². The minimum atomic E-state index is -0.776. The Morgan fingerprint density at radius 2 is 1.24 bits per heavy atom. The fourth-order valence-electron chi connectivity index (χ4n) is 5.06. The molecular weight excluding hydrogens is 540 g/mol. The molecule has 1 aromatic heterocycles. The monoisotopic (exact) mass is 588 g/mol. The first-order chi connectivity index (χ1) is 20.6. The normalized spacial score (nSPS) is 11.1. The lowest BCUT2D eigenvalue weighted by molar-refractivity contribution is -0.107. The number of ketones is 1. The lowest BCUT2D eigenvalue weighted by Gasteiger charge is -2.15. The van der Waals surface area contributed by atoms with Crippen LogP contribution in [0.1, 0.15) is 101 Å². The number of carbonyl (C=O) groups excluding carboxylic acids is 1. The Balaban J connectivity index is 0.000000274. The quantitative estimate of drug-likeness (QED) is 0.0533. The van der Waals surface area contributed by atoms with Gasteiger partial charge in [0, 0.05) is 38.9 Å². The molecule has 1 heterocycles. The van der Waals surface area contributed by atoms with Crippen LogP contribution in [0.25, 0.3) is 20.2 Å². The smallest absolute Gasteiger partial charge is 0.222 e. The van der Waals surface area contributed by atoms with Crippen molar-refractivity contribution in [2.45, 2.75) is 97.7 Å². The van der Waals surface area contributed by atoms with Gasteiger partial charge in [-0.1, -0.05) is 113 Å². The van der Waals surface area contributed by atoms with Gasteiger partial charge in [-0.15, -0.1) is 11.3 Å². The third-order valence-corrected chi connectivity index (χ3v) is 8.52. The number of unbranched alkanes of at least 4 members (excludes halogenated alkanes) is 9. The summed E-state index contributed by atoms with van der Waals surface area (Å²) in [4.78, 5) is 24.7. The molecule has 0 atom stereocenters. The molecule has 0 aliphatic rings. The van der Waals surface area contributed by atoms with Crippen molar-refractivity contribution in [1.29, 1.82) is 0 Å². The standard InChI is InChI=1S/C25H32OS.C12H16O3/c1-2-3-4-5-6-7-8-9-10-11-14-20-17-18-24-22(19-20)25(26)21-15-12-13-16-23(21)27-24;1-3-14-12(15-4-2)11(13)10-8-6-5-7-9-10/h12-13,15-19H,2-11,14H2,1H3;5-9,12H,3-4H2,1-2H3. The number of carbonyl (C=O) groups is 1. The minimum Gasteiger partial charge on any atom is -0.346 e. The summed E-state index contributed by atoms with van der Waals surface area (Å²) in [6.07, 6.45) is 13.9. The number of aryl methyl sites for hydroxylation is 1. The summed E-state index contributed by atoms with van der Waals surface area (Å²) in [6.45, 7) is 6.87. The van der Waals surface area contributed by atoms with Gasteiger partial charge < -0.3 is 9.47 Å². The second-order valence-electron chi connectivity index (χ2n) is 10.7. The Morgan fingerprint density at radius 1 is 0.667 bits per heavy atom. The first-order valence-corrected chi connectivity index (χ1v) is 16.7. The van der Waals surface area contributed by atoms with E-state index in [1.807, 2.05) is 56.3 Å². The summed E-state index contributed by atoms with van der Waals surface area (Å²) in [5.74, 6) is -0.126. The van der Waals surface area contributed by atoms with Crippen LogP contribution in [0.5, 0.6) is 0 Å². The highest BCUT2D eigenvalue weighted by molar-refractivity contribution is 7.24. The van der Waals surface area contributed by atoms with Crippen molar-refractivity contribution in [3.05, 3.63) is 94.1 Å². The molecule has 4 nitrogen and oxygen atoms in total. The highest BCUT2D eigenvalue weighted by Gasteiger charge is 2.19. The molecule has 0 aliphatic heterocycles. The predicted molar refractivity (Wildman–Crippen MR) is 179 cm³/mol. The van der Waals surface area contributed by atoms with Crippen molar-refractivity contribution >= 4 is 37.3 Å². The summed E-state index contributed by atoms with van der Waals surface area (Å²) in [6, 6.07) is 23.5. The number of Topliss-reactive ketones (excluding diaryl/α,β-unsaturated/α-hetero) is 1. The molecular formula is C37H48O4S. The molecule has 0 N–H and O–H groups in total. The molecule has 0 saturated carbocycles. The second kappa shape index (κ2) is 19.4. The molecule has 0 saturated heterocycles. The lowest BCUT2D eigenvalue weighted by atomic mass is 10.0. The fourth-order valence-corrected chi connectivity index (χ4v) is 6.12. The molecule has 0 unspecified atom stereocenters. The second-order valence-corrected chi connectivity index (χ2v) is 11.7. The van der Waals surface area contributed by atoms with E-state index in [4.69, 9.17) is 9.47 Å². The Labute approximate surface area is 256 Å². The molecule has 4 aromatic rings. The van der Waals surface area contributed by atoms with E-state index in [1.54, 1.807) is 23.5 Å². The van der Waals surface area contributed by atoms with Crippen LogP contribution in [0.2, 0.25) is 0 Å². The van der Waals surface area contributed by atoms with E-state index >= 15 is 0 Å². The molecule has 0 radical (unpaired) electrons. The maximum atomic E-state index is 12.8. The highest BCUT2D eigenvalue weighted by atomic mass is 32.1. The van der Waals surface area contributed by atoms with Crippen molar-refractivity contribution < 1.29 is 14.3 Å². The van der Waals surface area contributed by atoms with Gasteiger partial charge in [-0.25, -0.2) is 0 Å². The summed E-state index contributed by atoms with van der Waals surface area (Å²) < 4.78 is 12.6. The van der Waals surface area contributed by atoms with E-state index in [9.17, 15) is 9.59 Å². The molecule has 0 fully saturated rings. The third kappa shape index (κ3) is 10.8. The number of hydrogen-bond donors (Lipinski definition) is 0. The molecule has 0 spiro atoms. The van der Waals surface area contributed by atoms with Gasteiger partial charge in [-0.3, -0.25) is 9.59 Å². The van der Waals surface area contributed by atoms with Crippen molar-refractivity contribution in [3.63, 3.8) is 0 Å². The van der Waals surface area contributed by atoms with Crippen LogP contribution in [-0.2, 0) is 15.9 Å². The van der Waals surface area contributed by atoms with Gasteiger partial charge in [-0.05, 0) is 56.5 Å². The number of fused-ring (bicyclic) bond motifs is 2. The lowest BCUT2D eigenvalue weighted by Crippen LogP contribution is -2.27. The maximum absolute atomic E-state index is 12.8. The van der Waals surface area contributed by atoms with Gasteiger partial charge >= 0.3 is 0 Å². The molecule has 5 heteroatoms. The SMILES string of the molecule is CCCCCCCCCCCCc1ccc2sc3ccccc3c(=O)c2c1.CCOC(OCC)C(=O)c1ccccc1. The zero-order valence-corrected chi connectivity index (χ0v) is 26.6. The molecule has 4 rings (SSSR count). The first-order valence-electron chi connectivity index (χ1n) is 15.9. The van der Waals surface area contributed by atoms with E-state index in [-0.39, 0.29) is 11.2 Å². The number of rotatable bonds is 17. The van der Waals surface area contributed by atoms with E-state index in [2.05, 4.69) is 25.1 Å². The highest BCUT2D eigenvalue weighted by Crippen LogP contribution is 2.25. The number of benzene rings is 3. The summed E-state index contributed by atoms with van der Waals surface area (Å²) in [5, 5.41) is 1.74. The maximum Gasteiger partial charge on any atom is 0.222 e. The van der Waals surface area contributed by atoms with Crippen molar-refractivity contribution in [2.75, 3.05) is 13.2 Å². The van der Waals surface area contributed by atoms with E-state index < -0.39 is 6.29 Å². The Hall–Kier alpha value is -2.86. The Kier molecular flexibility index (Phi) is 15.5. The van der Waals surface area contributed by atoms with Gasteiger partial charge in [0.05, 0.1) is 0 Å². The molecule has 0 bridgehead atoms. The van der Waals surface area contributed by atoms with Crippen LogP contribution >= 0.6 is 11.3 Å². The van der Waals surface area contributed by atoms with Crippen molar-refractivity contribution in [3.8, 4) is 0 Å². The van der Waals surface area contributed by atoms with Crippen molar-refractivity contribution in [2.24, 2.45) is 0 Å². The van der Waals surface area contributed by atoms with Gasteiger partial charge in [0.2, 0.25) is 12.1 Å². The molecule has 0 amide bonds. The van der Waals surface area contributed by atoms with Crippen LogP contribution in [0.3, 0.4) is 0 Å². The van der Waals surface area contributed by atoms with Crippen LogP contribution < -0.4 is 5.43 Å². The van der Waals surface area contributed by atoms with Gasteiger partial charge in [0.1, 0.15) is 0 Å². The van der Waals surface area contributed by atoms with E-state index in [0.29, 0.717) is 18.8 Å². The largest absolute Gasteiger partial charge is 0.346 e. The zero-order chi connectivity index (χ0) is 30.0. The number of ether oxygens (including phenoxy) is 2. The molecule has 3 aromatic carbocycles. The van der Waals surface area contributed by atoms with Crippen LogP contribution in [0, 0.1) is 0 Å². The van der Waals surface area contributed by atoms with Gasteiger partial charge in [0.15, 0.2) is 5.43 Å². The Bertz CT molecular complexity index is 1390. The van der Waals surface area contributed by atoms with Crippen LogP contribution in [0.4, 0.5) is 0 Å². The predicted octanol–water partition coefficient (Wildman–Crippen LogP) is 10.1. The summed E-state index contributed by atoms with van der Waals surface area (Å²) >= 11 is 1.72. The van der Waals surface area contributed by atoms with E-state index in [0.717, 1.165) is 26.6 Å². The molecule has 226 valence electrons. The van der Waals surface area contributed by atoms with Crippen LogP contribution in [0.15, 0.2) is 77.6 Å². The molecule has 0 aliphatic carbocycles. The third-order valence-electron chi connectivity index (χ3n) is 7.37. The molecule has 42 heavy (non-hydrogen) atoms.